The monoisotopic (exact) mass is 627 g/mol. The number of rotatable bonds is 8. The van der Waals surface area contributed by atoms with Crippen LogP contribution in [0.5, 0.6) is 28.7 Å². The highest BCUT2D eigenvalue weighted by atomic mass is 16.8. The van der Waals surface area contributed by atoms with E-state index >= 15 is 0 Å². The molecule has 44 heavy (non-hydrogen) atoms. The highest BCUT2D eigenvalue weighted by molar-refractivity contribution is 5.69. The number of hydrogen-bond donors (Lipinski definition) is 10. The van der Waals surface area contributed by atoms with Crippen molar-refractivity contribution < 1.29 is 79.5 Å². The van der Waals surface area contributed by atoms with Gasteiger partial charge in [0, 0.05) is 12.1 Å². The number of benzene rings is 2. The second kappa shape index (κ2) is 12.9. The SMILES string of the molecule is COc1cc(C2[OH+]c3cc(O)cc(O)c3C=C2O[C@@H]2OC(CO)[C@@H](O)C(O)C2O[C@@H]2OC(CO)[C@@H](O)C(O)[C@H]2O)ccc1O. The van der Waals surface area contributed by atoms with Crippen LogP contribution in [0.4, 0.5) is 0 Å². The van der Waals surface area contributed by atoms with Crippen molar-refractivity contribution in [2.75, 3.05) is 20.3 Å². The Morgan fingerprint density at radius 2 is 1.43 bits per heavy atom. The molecule has 11 atom stereocenters. The van der Waals surface area contributed by atoms with Crippen LogP contribution in [0.2, 0.25) is 0 Å². The van der Waals surface area contributed by atoms with Crippen molar-refractivity contribution in [2.24, 2.45) is 0 Å². The van der Waals surface area contributed by atoms with E-state index in [0.29, 0.717) is 5.56 Å². The predicted molar refractivity (Wildman–Crippen MR) is 144 cm³/mol. The van der Waals surface area contributed by atoms with Gasteiger partial charge >= 0.3 is 0 Å². The van der Waals surface area contributed by atoms with Crippen molar-refractivity contribution in [3.05, 3.63) is 47.2 Å². The van der Waals surface area contributed by atoms with Gasteiger partial charge in [-0.1, -0.05) is 0 Å². The van der Waals surface area contributed by atoms with E-state index in [-0.39, 0.29) is 40.1 Å². The Morgan fingerprint density at radius 3 is 2.09 bits per heavy atom. The largest absolute Gasteiger partial charge is 0.571 e. The molecular formula is C28H35O16+. The number of ether oxygens (including phenoxy) is 6. The summed E-state index contributed by atoms with van der Waals surface area (Å²) < 4.78 is 32.8. The summed E-state index contributed by atoms with van der Waals surface area (Å²) in [4.78, 5) is 0. The first-order chi connectivity index (χ1) is 21.0. The normalized spacial score (nSPS) is 35.3. The number of phenolic OH excluding ortho intramolecular Hbond substituents is 3. The van der Waals surface area contributed by atoms with Crippen LogP contribution >= 0.6 is 0 Å². The van der Waals surface area contributed by atoms with Crippen molar-refractivity contribution in [3.8, 4) is 28.7 Å². The minimum Gasteiger partial charge on any atom is -0.571 e. The molecule has 2 aromatic carbocycles. The molecule has 0 aromatic heterocycles. The third kappa shape index (κ3) is 5.96. The Bertz CT molecular complexity index is 1350. The second-order valence-electron chi connectivity index (χ2n) is 10.5. The number of phenols is 3. The lowest BCUT2D eigenvalue weighted by atomic mass is 9.97. The van der Waals surface area contributed by atoms with E-state index in [1.54, 1.807) is 0 Å². The molecule has 3 aliphatic heterocycles. The van der Waals surface area contributed by atoms with Crippen molar-refractivity contribution >= 4 is 6.08 Å². The number of aromatic hydroxyl groups is 4. The zero-order chi connectivity index (χ0) is 31.9. The van der Waals surface area contributed by atoms with Gasteiger partial charge in [-0.15, -0.1) is 0 Å². The lowest BCUT2D eigenvalue weighted by molar-refractivity contribution is -0.364. The van der Waals surface area contributed by atoms with Gasteiger partial charge in [0.15, 0.2) is 29.7 Å². The van der Waals surface area contributed by atoms with E-state index in [0.717, 1.165) is 6.07 Å². The highest BCUT2D eigenvalue weighted by Crippen LogP contribution is 2.46. The van der Waals surface area contributed by atoms with Gasteiger partial charge in [-0.2, -0.15) is 0 Å². The van der Waals surface area contributed by atoms with Gasteiger partial charge in [0.25, 0.3) is 11.9 Å². The summed E-state index contributed by atoms with van der Waals surface area (Å²) >= 11 is 0. The maximum atomic E-state index is 11.0. The van der Waals surface area contributed by atoms with E-state index < -0.39 is 80.7 Å². The Labute approximate surface area is 249 Å². The summed E-state index contributed by atoms with van der Waals surface area (Å²) in [6.07, 6.45) is -16.4. The summed E-state index contributed by atoms with van der Waals surface area (Å²) in [5.74, 6) is -0.544. The van der Waals surface area contributed by atoms with Crippen LogP contribution in [0.15, 0.2) is 36.1 Å². The van der Waals surface area contributed by atoms with Crippen LogP contribution < -0.4 is 4.74 Å². The van der Waals surface area contributed by atoms with Crippen molar-refractivity contribution in [2.45, 2.75) is 67.5 Å². The molecule has 11 N–H and O–H groups in total. The number of fused-ring (bicyclic) bond motifs is 1. The van der Waals surface area contributed by atoms with Gasteiger partial charge in [-0.3, -0.25) is 0 Å². The standard InChI is InChI=1S/C28H34O16/c1-39-16-4-10(2-3-13(16)32)25-17(7-12-14(33)5-11(31)6-15(12)40-25)41-28-26(23(37)21(35)19(9-30)43-28)44-27-24(38)22(36)20(34)18(8-29)42-27/h2-7,18-38H,8-9H2,1H3/p+1/t18?,19?,20-,21-,22?,23?,24-,25?,26?,27+,28-/m1/s1. The maximum Gasteiger partial charge on any atom is 0.270 e. The molecule has 0 radical (unpaired) electrons. The Hall–Kier alpha value is -3.42. The zero-order valence-corrected chi connectivity index (χ0v) is 23.2. The molecule has 0 amide bonds. The average molecular weight is 628 g/mol. The molecule has 6 unspecified atom stereocenters. The van der Waals surface area contributed by atoms with Crippen molar-refractivity contribution in [1.82, 2.24) is 0 Å². The fraction of sp³-hybridized carbons (Fsp3) is 0.500. The van der Waals surface area contributed by atoms with Gasteiger partial charge in [0.05, 0.1) is 32.0 Å². The molecule has 3 aliphatic rings. The van der Waals surface area contributed by atoms with Crippen LogP contribution in [-0.4, -0.2) is 138 Å². The van der Waals surface area contributed by atoms with E-state index in [2.05, 4.69) is 4.74 Å². The van der Waals surface area contributed by atoms with Gasteiger partial charge in [0.2, 0.25) is 6.29 Å². The molecule has 0 aliphatic carbocycles. The van der Waals surface area contributed by atoms with Crippen molar-refractivity contribution in [3.63, 3.8) is 0 Å². The third-order valence-electron chi connectivity index (χ3n) is 7.68. The van der Waals surface area contributed by atoms with E-state index in [1.807, 2.05) is 0 Å². The van der Waals surface area contributed by atoms with Crippen molar-refractivity contribution in [1.29, 1.82) is 0 Å². The summed E-state index contributed by atoms with van der Waals surface area (Å²) in [6.45, 7) is -1.51. The zero-order valence-electron chi connectivity index (χ0n) is 23.2. The first-order valence-electron chi connectivity index (χ1n) is 13.6. The second-order valence-corrected chi connectivity index (χ2v) is 10.5. The van der Waals surface area contributed by atoms with Crippen LogP contribution in [-0.2, 0) is 18.9 Å². The minimum atomic E-state index is -1.87. The highest BCUT2D eigenvalue weighted by Gasteiger charge is 2.52. The van der Waals surface area contributed by atoms with Crippen LogP contribution in [0, 0.1) is 0 Å². The minimum absolute atomic E-state index is 0.0288. The summed E-state index contributed by atoms with van der Waals surface area (Å²) in [5, 5.41) is 103. The molecule has 3 heterocycles. The summed E-state index contributed by atoms with van der Waals surface area (Å²) in [6, 6.07) is 6.71. The Balaban J connectivity index is 1.53. The quantitative estimate of drug-likeness (QED) is 0.139. The molecule has 0 bridgehead atoms. The number of methoxy groups -OCH3 is 1. The Morgan fingerprint density at radius 1 is 0.773 bits per heavy atom. The molecule has 5 rings (SSSR count). The molecule has 0 saturated carbocycles. The molecule has 0 spiro atoms. The topological polar surface area (TPSA) is 261 Å². The Kier molecular flexibility index (Phi) is 9.38. The van der Waals surface area contributed by atoms with Crippen LogP contribution in [0.25, 0.3) is 6.08 Å². The lowest BCUT2D eigenvalue weighted by Crippen LogP contribution is -2.64. The molecule has 16 heteroatoms. The van der Waals surface area contributed by atoms with E-state index in [4.69, 9.17) is 23.7 Å². The third-order valence-corrected chi connectivity index (χ3v) is 7.68. The number of aliphatic hydroxyl groups is 8. The summed E-state index contributed by atoms with van der Waals surface area (Å²) in [5.41, 5.74) is 0.544. The average Bonchev–Trinajstić information content (AvgIpc) is 3.00. The summed E-state index contributed by atoms with van der Waals surface area (Å²) in [7, 11) is 1.34. The molecule has 16 nitrogen and oxygen atoms in total. The molecular weight excluding hydrogens is 592 g/mol. The lowest BCUT2D eigenvalue weighted by Gasteiger charge is -2.46. The first kappa shape index (κ1) is 32.0. The maximum absolute atomic E-state index is 11.0. The first-order valence-corrected chi connectivity index (χ1v) is 13.6. The number of hydrogen-bond acceptors (Lipinski definition) is 15. The fourth-order valence-electron chi connectivity index (χ4n) is 5.25. The predicted octanol–water partition coefficient (Wildman–Crippen LogP) is -2.21. The van der Waals surface area contributed by atoms with Gasteiger partial charge in [-0.25, -0.2) is 0 Å². The van der Waals surface area contributed by atoms with Crippen LogP contribution in [0.3, 0.4) is 0 Å². The molecule has 2 fully saturated rings. The molecule has 2 saturated heterocycles. The van der Waals surface area contributed by atoms with Gasteiger partial charge in [0.1, 0.15) is 59.8 Å². The number of aliphatic hydroxyl groups excluding tert-OH is 7. The van der Waals surface area contributed by atoms with Crippen LogP contribution in [0.1, 0.15) is 17.2 Å². The van der Waals surface area contributed by atoms with E-state index in [9.17, 15) is 51.1 Å². The van der Waals surface area contributed by atoms with Gasteiger partial charge < -0.3 is 79.5 Å². The van der Waals surface area contributed by atoms with E-state index in [1.165, 1.54) is 37.5 Å². The smallest absolute Gasteiger partial charge is 0.270 e. The fourth-order valence-corrected chi connectivity index (χ4v) is 5.25. The molecule has 2 aromatic rings. The molecule has 242 valence electrons. The van der Waals surface area contributed by atoms with Gasteiger partial charge in [-0.05, 0) is 18.2 Å².